The van der Waals surface area contributed by atoms with Gasteiger partial charge < -0.3 is 10.1 Å². The molecule has 0 bridgehead atoms. The van der Waals surface area contributed by atoms with Gasteiger partial charge in [-0.05, 0) is 14.0 Å². The molecule has 1 unspecified atom stereocenters. The molecule has 0 fully saturated rings. The molecular weight excluding hydrogens is 194 g/mol. The Bertz CT molecular complexity index is 346. The van der Waals surface area contributed by atoms with E-state index in [1.54, 1.807) is 4.68 Å². The number of aromatic nitrogens is 2. The summed E-state index contributed by atoms with van der Waals surface area (Å²) in [7, 11) is 5.08. The van der Waals surface area contributed by atoms with Gasteiger partial charge in [0.25, 0.3) is 0 Å². The highest BCUT2D eigenvalue weighted by atomic mass is 16.5. The van der Waals surface area contributed by atoms with E-state index in [4.69, 9.17) is 0 Å². The number of hydrogen-bond acceptors (Lipinski definition) is 4. The molecule has 0 aliphatic carbocycles. The van der Waals surface area contributed by atoms with Gasteiger partial charge in [-0.3, -0.25) is 9.48 Å². The van der Waals surface area contributed by atoms with Crippen LogP contribution in [0.5, 0.6) is 0 Å². The van der Waals surface area contributed by atoms with Crippen molar-refractivity contribution in [1.82, 2.24) is 15.1 Å². The van der Waals surface area contributed by atoms with Gasteiger partial charge in [0, 0.05) is 24.8 Å². The maximum Gasteiger partial charge on any atom is 0.307 e. The van der Waals surface area contributed by atoms with Crippen LogP contribution in [0.4, 0.5) is 0 Å². The first kappa shape index (κ1) is 11.7. The molecular formula is C10H17N3O2. The van der Waals surface area contributed by atoms with Crippen molar-refractivity contribution in [2.24, 2.45) is 7.05 Å². The molecule has 1 atom stereocenters. The van der Waals surface area contributed by atoms with Gasteiger partial charge in [-0.25, -0.2) is 0 Å². The molecule has 0 aliphatic heterocycles. The average molecular weight is 211 g/mol. The number of methoxy groups -OCH3 is 1. The Morgan fingerprint density at radius 1 is 1.73 bits per heavy atom. The van der Waals surface area contributed by atoms with Gasteiger partial charge in [0.05, 0.1) is 19.2 Å². The molecule has 1 rings (SSSR count). The molecule has 1 aromatic rings. The molecule has 0 saturated heterocycles. The summed E-state index contributed by atoms with van der Waals surface area (Å²) in [6.07, 6.45) is 2.24. The van der Waals surface area contributed by atoms with Crippen LogP contribution in [-0.4, -0.2) is 29.9 Å². The highest BCUT2D eigenvalue weighted by Crippen LogP contribution is 2.19. The lowest BCUT2D eigenvalue weighted by molar-refractivity contribution is -0.141. The zero-order valence-electron chi connectivity index (χ0n) is 9.57. The zero-order chi connectivity index (χ0) is 11.4. The monoisotopic (exact) mass is 211 g/mol. The van der Waals surface area contributed by atoms with E-state index in [0.29, 0.717) is 6.42 Å². The van der Waals surface area contributed by atoms with Gasteiger partial charge >= 0.3 is 5.97 Å². The van der Waals surface area contributed by atoms with Crippen LogP contribution in [0.2, 0.25) is 0 Å². The smallest absolute Gasteiger partial charge is 0.307 e. The maximum absolute atomic E-state index is 11.2. The Morgan fingerprint density at radius 2 is 2.40 bits per heavy atom. The van der Waals surface area contributed by atoms with E-state index >= 15 is 0 Å². The molecule has 0 saturated carbocycles. The lowest BCUT2D eigenvalue weighted by atomic mass is 10.1. The number of ether oxygens (including phenoxy) is 1. The fraction of sp³-hybridized carbons (Fsp3) is 0.600. The minimum atomic E-state index is -0.224. The summed E-state index contributed by atoms with van der Waals surface area (Å²) in [4.78, 5) is 11.2. The van der Waals surface area contributed by atoms with Crippen molar-refractivity contribution in [2.45, 2.75) is 19.4 Å². The predicted octanol–water partition coefficient (Wildman–Crippen LogP) is 0.552. The van der Waals surface area contributed by atoms with E-state index in [1.165, 1.54) is 7.11 Å². The second kappa shape index (κ2) is 4.93. The highest BCUT2D eigenvalue weighted by molar-refractivity contribution is 5.70. The van der Waals surface area contributed by atoms with Crippen molar-refractivity contribution in [2.75, 3.05) is 14.2 Å². The van der Waals surface area contributed by atoms with Gasteiger partial charge in [-0.15, -0.1) is 0 Å². The molecule has 0 amide bonds. The number of carbonyl (C=O) groups is 1. The number of carbonyl (C=O) groups excluding carboxylic acids is 1. The lowest BCUT2D eigenvalue weighted by Crippen LogP contribution is -2.21. The number of nitrogens with one attached hydrogen (secondary N) is 1. The van der Waals surface area contributed by atoms with Crippen LogP contribution in [-0.2, 0) is 16.6 Å². The molecule has 0 spiro atoms. The van der Waals surface area contributed by atoms with Crippen LogP contribution in [0.15, 0.2) is 6.20 Å². The van der Waals surface area contributed by atoms with Gasteiger partial charge in [0.1, 0.15) is 0 Å². The number of esters is 1. The maximum atomic E-state index is 11.2. The second-order valence-corrected chi connectivity index (χ2v) is 3.47. The van der Waals surface area contributed by atoms with Crippen LogP contribution in [0.25, 0.3) is 0 Å². The third-order valence-corrected chi connectivity index (χ3v) is 2.37. The SMILES string of the molecule is CNC(CC(=O)OC)c1cn(C)nc1C. The Balaban J connectivity index is 2.82. The third-order valence-electron chi connectivity index (χ3n) is 2.37. The lowest BCUT2D eigenvalue weighted by Gasteiger charge is -2.13. The normalized spacial score (nSPS) is 12.5. The zero-order valence-corrected chi connectivity index (χ0v) is 9.57. The van der Waals surface area contributed by atoms with E-state index in [0.717, 1.165) is 11.3 Å². The summed E-state index contributed by atoms with van der Waals surface area (Å²) in [6.45, 7) is 1.93. The van der Waals surface area contributed by atoms with Crippen LogP contribution in [0, 0.1) is 6.92 Å². The fourth-order valence-electron chi connectivity index (χ4n) is 1.58. The summed E-state index contributed by atoms with van der Waals surface area (Å²) < 4.78 is 6.39. The minimum absolute atomic E-state index is 0.0360. The van der Waals surface area contributed by atoms with Gasteiger partial charge in [-0.1, -0.05) is 0 Å². The van der Waals surface area contributed by atoms with Crippen molar-refractivity contribution < 1.29 is 9.53 Å². The number of aryl methyl sites for hydroxylation is 2. The number of nitrogens with zero attached hydrogens (tertiary/aromatic N) is 2. The van der Waals surface area contributed by atoms with Crippen LogP contribution < -0.4 is 5.32 Å². The second-order valence-electron chi connectivity index (χ2n) is 3.47. The van der Waals surface area contributed by atoms with Crippen LogP contribution in [0.1, 0.15) is 23.7 Å². The average Bonchev–Trinajstić information content (AvgIpc) is 2.54. The minimum Gasteiger partial charge on any atom is -0.469 e. The Labute approximate surface area is 89.4 Å². The molecule has 5 nitrogen and oxygen atoms in total. The van der Waals surface area contributed by atoms with Gasteiger partial charge in [0.2, 0.25) is 0 Å². The van der Waals surface area contributed by atoms with Crippen molar-refractivity contribution in [3.05, 3.63) is 17.5 Å². The van der Waals surface area contributed by atoms with E-state index in [9.17, 15) is 4.79 Å². The largest absolute Gasteiger partial charge is 0.469 e. The topological polar surface area (TPSA) is 56.1 Å². The summed E-state index contributed by atoms with van der Waals surface area (Å²) >= 11 is 0. The first-order chi connectivity index (χ1) is 7.08. The standard InChI is InChI=1S/C10H17N3O2/c1-7-8(6-13(3)12-7)9(11-2)5-10(14)15-4/h6,9,11H,5H2,1-4H3. The van der Waals surface area contributed by atoms with Crippen LogP contribution >= 0.6 is 0 Å². The summed E-state index contributed by atoms with van der Waals surface area (Å²) in [5.41, 5.74) is 1.96. The van der Waals surface area contributed by atoms with Gasteiger partial charge in [0.15, 0.2) is 0 Å². The van der Waals surface area contributed by atoms with Crippen molar-refractivity contribution in [1.29, 1.82) is 0 Å². The molecule has 1 aromatic heterocycles. The van der Waals surface area contributed by atoms with E-state index < -0.39 is 0 Å². The molecule has 0 aromatic carbocycles. The van der Waals surface area contributed by atoms with Crippen molar-refractivity contribution >= 4 is 5.97 Å². The van der Waals surface area contributed by atoms with E-state index in [1.807, 2.05) is 27.2 Å². The number of rotatable bonds is 4. The highest BCUT2D eigenvalue weighted by Gasteiger charge is 2.18. The fourth-order valence-corrected chi connectivity index (χ4v) is 1.58. The first-order valence-electron chi connectivity index (χ1n) is 4.82. The molecule has 1 heterocycles. The first-order valence-corrected chi connectivity index (χ1v) is 4.82. The summed E-state index contributed by atoms with van der Waals surface area (Å²) in [6, 6.07) is -0.0360. The molecule has 5 heteroatoms. The Morgan fingerprint density at radius 3 is 2.80 bits per heavy atom. The summed E-state index contributed by atoms with van der Waals surface area (Å²) in [5.74, 6) is -0.224. The molecule has 0 aliphatic rings. The van der Waals surface area contributed by atoms with E-state index in [2.05, 4.69) is 15.2 Å². The number of hydrogen-bond donors (Lipinski definition) is 1. The molecule has 1 N–H and O–H groups in total. The van der Waals surface area contributed by atoms with Crippen molar-refractivity contribution in [3.63, 3.8) is 0 Å². The van der Waals surface area contributed by atoms with Crippen LogP contribution in [0.3, 0.4) is 0 Å². The summed E-state index contributed by atoms with van der Waals surface area (Å²) in [5, 5.41) is 7.32. The van der Waals surface area contributed by atoms with Crippen molar-refractivity contribution in [3.8, 4) is 0 Å². The Kier molecular flexibility index (Phi) is 3.85. The quantitative estimate of drug-likeness (QED) is 0.739. The molecule has 15 heavy (non-hydrogen) atoms. The molecule has 0 radical (unpaired) electrons. The predicted molar refractivity (Wildman–Crippen MR) is 56.4 cm³/mol. The van der Waals surface area contributed by atoms with E-state index in [-0.39, 0.29) is 12.0 Å². The molecule has 84 valence electrons. The third kappa shape index (κ3) is 2.79. The Hall–Kier alpha value is -1.36. The van der Waals surface area contributed by atoms with Gasteiger partial charge in [-0.2, -0.15) is 5.10 Å².